The first kappa shape index (κ1) is 29.9. The quantitative estimate of drug-likeness (QED) is 0.283. The third-order valence-electron chi connectivity index (χ3n) is 6.97. The zero-order valence-corrected chi connectivity index (χ0v) is 24.7. The third kappa shape index (κ3) is 7.95. The van der Waals surface area contributed by atoms with Gasteiger partial charge in [0.15, 0.2) is 0 Å². The molecule has 5 heteroatoms. The first-order chi connectivity index (χ1) is 18.2. The van der Waals surface area contributed by atoms with Gasteiger partial charge in [0.2, 0.25) is 5.91 Å². The molecular formula is C34H44N2O3. The number of carbonyl (C=O) groups is 2. The monoisotopic (exact) mass is 528 g/mol. The molecule has 1 atom stereocenters. The van der Waals surface area contributed by atoms with E-state index in [4.69, 9.17) is 0 Å². The highest BCUT2D eigenvalue weighted by molar-refractivity contribution is 5.97. The van der Waals surface area contributed by atoms with Crippen LogP contribution in [0.1, 0.15) is 102 Å². The fourth-order valence-electron chi connectivity index (χ4n) is 4.58. The molecule has 39 heavy (non-hydrogen) atoms. The molecule has 0 fully saturated rings. The van der Waals surface area contributed by atoms with E-state index < -0.39 is 6.04 Å². The van der Waals surface area contributed by atoms with Crippen molar-refractivity contribution in [2.75, 3.05) is 5.32 Å². The first-order valence-corrected chi connectivity index (χ1v) is 13.8. The van der Waals surface area contributed by atoms with Crippen LogP contribution in [0.25, 0.3) is 0 Å². The Morgan fingerprint density at radius 2 is 1.33 bits per heavy atom. The smallest absolute Gasteiger partial charge is 0.251 e. The van der Waals surface area contributed by atoms with Crippen LogP contribution in [-0.4, -0.2) is 16.9 Å². The fraction of sp³-hybridized carbons (Fsp3) is 0.412. The van der Waals surface area contributed by atoms with Crippen LogP contribution in [0.2, 0.25) is 0 Å². The molecule has 0 unspecified atom stereocenters. The Bertz CT molecular complexity index is 1250. The standard InChI is InChI=1S/C34H44N2O3/c1-22(2)24-15-17-26(18-16-24)35-32(39)30(25-12-10-9-11-13-25)36-29(37)19-14-23-20-27(33(3,4)5)31(38)28(21-23)34(6,7)8/h9-13,15-18,20-22,30,38H,14,19H2,1-8H3,(H,35,39)(H,36,37)/t30-/m0/s1. The molecular weight excluding hydrogens is 484 g/mol. The number of phenolic OH excluding ortho intramolecular Hbond substituents is 1. The molecule has 3 aromatic carbocycles. The Balaban J connectivity index is 1.79. The predicted molar refractivity (Wildman–Crippen MR) is 160 cm³/mol. The molecule has 0 aliphatic heterocycles. The molecule has 0 saturated carbocycles. The van der Waals surface area contributed by atoms with E-state index in [1.165, 1.54) is 5.56 Å². The van der Waals surface area contributed by atoms with E-state index in [0.717, 1.165) is 22.3 Å². The lowest BCUT2D eigenvalue weighted by Gasteiger charge is -2.28. The van der Waals surface area contributed by atoms with Crippen molar-refractivity contribution >= 4 is 17.5 Å². The van der Waals surface area contributed by atoms with E-state index in [1.807, 2.05) is 66.7 Å². The van der Waals surface area contributed by atoms with Crippen molar-refractivity contribution in [3.05, 3.63) is 94.5 Å². The molecule has 5 nitrogen and oxygen atoms in total. The lowest BCUT2D eigenvalue weighted by molar-refractivity contribution is -0.126. The van der Waals surface area contributed by atoms with Gasteiger partial charge < -0.3 is 15.7 Å². The maximum atomic E-state index is 13.3. The number of anilines is 1. The second-order valence-corrected chi connectivity index (χ2v) is 12.7. The SMILES string of the molecule is CC(C)c1ccc(NC(=O)[C@@H](NC(=O)CCc2cc(C(C)(C)C)c(O)c(C(C)(C)C)c2)c2ccccc2)cc1. The maximum absolute atomic E-state index is 13.3. The number of nitrogens with one attached hydrogen (secondary N) is 2. The van der Waals surface area contributed by atoms with E-state index in [0.29, 0.717) is 23.8 Å². The average molecular weight is 529 g/mol. The van der Waals surface area contributed by atoms with E-state index in [2.05, 4.69) is 66.0 Å². The van der Waals surface area contributed by atoms with Crippen LogP contribution in [0, 0.1) is 0 Å². The molecule has 0 aromatic heterocycles. The molecule has 0 saturated heterocycles. The number of phenols is 1. The van der Waals surface area contributed by atoms with Gasteiger partial charge in [-0.2, -0.15) is 0 Å². The predicted octanol–water partition coefficient (Wildman–Crippen LogP) is 7.54. The van der Waals surface area contributed by atoms with Gasteiger partial charge in [-0.1, -0.05) is 110 Å². The highest BCUT2D eigenvalue weighted by atomic mass is 16.3. The lowest BCUT2D eigenvalue weighted by Crippen LogP contribution is -2.37. The summed E-state index contributed by atoms with van der Waals surface area (Å²) in [5, 5.41) is 16.9. The van der Waals surface area contributed by atoms with Gasteiger partial charge in [-0.25, -0.2) is 0 Å². The van der Waals surface area contributed by atoms with E-state index in [9.17, 15) is 14.7 Å². The first-order valence-electron chi connectivity index (χ1n) is 13.8. The van der Waals surface area contributed by atoms with Crippen LogP contribution in [0.4, 0.5) is 5.69 Å². The minimum atomic E-state index is -0.821. The van der Waals surface area contributed by atoms with Gasteiger partial charge in [-0.15, -0.1) is 0 Å². The number of amides is 2. The van der Waals surface area contributed by atoms with Gasteiger partial charge in [0.1, 0.15) is 11.8 Å². The van der Waals surface area contributed by atoms with Crippen LogP contribution in [-0.2, 0) is 26.8 Å². The van der Waals surface area contributed by atoms with Gasteiger partial charge in [-0.3, -0.25) is 9.59 Å². The van der Waals surface area contributed by atoms with Crippen molar-refractivity contribution < 1.29 is 14.7 Å². The molecule has 3 rings (SSSR count). The van der Waals surface area contributed by atoms with Gasteiger partial charge in [-0.05, 0) is 63.1 Å². The van der Waals surface area contributed by atoms with Crippen molar-refractivity contribution in [3.8, 4) is 5.75 Å². The van der Waals surface area contributed by atoms with Crippen molar-refractivity contribution in [1.29, 1.82) is 0 Å². The van der Waals surface area contributed by atoms with Crippen LogP contribution >= 0.6 is 0 Å². The Morgan fingerprint density at radius 1 is 0.795 bits per heavy atom. The number of hydrogen-bond acceptors (Lipinski definition) is 3. The molecule has 0 heterocycles. The van der Waals surface area contributed by atoms with Crippen molar-refractivity contribution in [2.45, 2.75) is 91.0 Å². The Morgan fingerprint density at radius 3 is 1.82 bits per heavy atom. The minimum absolute atomic E-state index is 0.211. The number of carbonyl (C=O) groups excluding carboxylic acids is 2. The Labute approximate surface area is 234 Å². The largest absolute Gasteiger partial charge is 0.507 e. The molecule has 3 aromatic rings. The zero-order valence-electron chi connectivity index (χ0n) is 24.7. The number of aromatic hydroxyl groups is 1. The number of aryl methyl sites for hydroxylation is 1. The number of rotatable bonds is 8. The molecule has 0 aliphatic carbocycles. The fourth-order valence-corrected chi connectivity index (χ4v) is 4.58. The summed E-state index contributed by atoms with van der Waals surface area (Å²) in [5.41, 5.74) is 4.84. The van der Waals surface area contributed by atoms with Crippen LogP contribution < -0.4 is 10.6 Å². The summed E-state index contributed by atoms with van der Waals surface area (Å²) >= 11 is 0. The lowest BCUT2D eigenvalue weighted by atomic mass is 9.78. The molecule has 0 aliphatic rings. The molecule has 0 bridgehead atoms. The third-order valence-corrected chi connectivity index (χ3v) is 6.97. The summed E-state index contributed by atoms with van der Waals surface area (Å²) in [7, 11) is 0. The summed E-state index contributed by atoms with van der Waals surface area (Å²) < 4.78 is 0. The summed E-state index contributed by atoms with van der Waals surface area (Å²) in [6, 6.07) is 20.3. The Hall–Kier alpha value is -3.60. The topological polar surface area (TPSA) is 78.4 Å². The summed E-state index contributed by atoms with van der Waals surface area (Å²) in [5.74, 6) is 0.224. The summed E-state index contributed by atoms with van der Waals surface area (Å²) in [4.78, 5) is 26.5. The molecule has 3 N–H and O–H groups in total. The van der Waals surface area contributed by atoms with Gasteiger partial charge in [0.25, 0.3) is 5.91 Å². The molecule has 2 amide bonds. The summed E-state index contributed by atoms with van der Waals surface area (Å²) in [6.45, 7) is 16.7. The van der Waals surface area contributed by atoms with Crippen LogP contribution in [0.15, 0.2) is 66.7 Å². The highest BCUT2D eigenvalue weighted by Gasteiger charge is 2.27. The van der Waals surface area contributed by atoms with Gasteiger partial charge in [0, 0.05) is 12.1 Å². The van der Waals surface area contributed by atoms with Gasteiger partial charge in [0.05, 0.1) is 0 Å². The highest BCUT2D eigenvalue weighted by Crippen LogP contribution is 2.40. The van der Waals surface area contributed by atoms with Crippen molar-refractivity contribution in [2.24, 2.45) is 0 Å². The average Bonchev–Trinajstić information content (AvgIpc) is 2.86. The van der Waals surface area contributed by atoms with E-state index in [1.54, 1.807) is 0 Å². The number of benzene rings is 3. The van der Waals surface area contributed by atoms with Crippen LogP contribution in [0.3, 0.4) is 0 Å². The second-order valence-electron chi connectivity index (χ2n) is 12.7. The second kappa shape index (κ2) is 12.1. The normalized spacial score (nSPS) is 12.7. The Kier molecular flexibility index (Phi) is 9.26. The zero-order chi connectivity index (χ0) is 29.0. The summed E-state index contributed by atoms with van der Waals surface area (Å²) in [6.07, 6.45) is 0.718. The number of hydrogen-bond donors (Lipinski definition) is 3. The van der Waals surface area contributed by atoms with E-state index in [-0.39, 0.29) is 29.1 Å². The molecule has 208 valence electrons. The minimum Gasteiger partial charge on any atom is -0.507 e. The van der Waals surface area contributed by atoms with Crippen molar-refractivity contribution in [1.82, 2.24) is 5.32 Å². The maximum Gasteiger partial charge on any atom is 0.251 e. The van der Waals surface area contributed by atoms with E-state index >= 15 is 0 Å². The molecule has 0 radical (unpaired) electrons. The van der Waals surface area contributed by atoms with Crippen molar-refractivity contribution in [3.63, 3.8) is 0 Å². The van der Waals surface area contributed by atoms with Gasteiger partial charge >= 0.3 is 0 Å². The van der Waals surface area contributed by atoms with Crippen LogP contribution in [0.5, 0.6) is 5.75 Å². The molecule has 0 spiro atoms.